The summed E-state index contributed by atoms with van der Waals surface area (Å²) in [5.41, 5.74) is 2.63. The van der Waals surface area contributed by atoms with Crippen LogP contribution in [0.1, 0.15) is 37.9 Å². The summed E-state index contributed by atoms with van der Waals surface area (Å²) in [5, 5.41) is 3.63. The van der Waals surface area contributed by atoms with Gasteiger partial charge in [-0.1, -0.05) is 43.7 Å². The van der Waals surface area contributed by atoms with E-state index in [4.69, 9.17) is 4.74 Å². The Labute approximate surface area is 105 Å². The topological polar surface area (TPSA) is 21.3 Å². The number of hydrogen-bond donors (Lipinski definition) is 1. The molecule has 1 N–H and O–H groups in total. The molecule has 1 rings (SSSR count). The number of rotatable bonds is 6. The molecule has 0 aliphatic carbocycles. The Bertz CT molecular complexity index is 318. The van der Waals surface area contributed by atoms with Crippen LogP contribution in [0.3, 0.4) is 0 Å². The van der Waals surface area contributed by atoms with Gasteiger partial charge in [0.05, 0.1) is 6.61 Å². The van der Waals surface area contributed by atoms with Gasteiger partial charge < -0.3 is 10.1 Å². The Morgan fingerprint density at radius 1 is 1.12 bits per heavy atom. The molecular weight excluding hydrogens is 210 g/mol. The fourth-order valence-corrected chi connectivity index (χ4v) is 1.89. The summed E-state index contributed by atoms with van der Waals surface area (Å²) in [6.07, 6.45) is 0. The van der Waals surface area contributed by atoms with Crippen molar-refractivity contribution in [1.29, 1.82) is 0 Å². The van der Waals surface area contributed by atoms with Gasteiger partial charge in [-0.05, 0) is 25.3 Å². The molecule has 0 saturated carbocycles. The van der Waals surface area contributed by atoms with Gasteiger partial charge in [-0.15, -0.1) is 0 Å². The Hall–Kier alpha value is -0.860. The van der Waals surface area contributed by atoms with Crippen molar-refractivity contribution in [1.82, 2.24) is 5.32 Å². The van der Waals surface area contributed by atoms with Crippen LogP contribution in [0, 0.1) is 12.8 Å². The molecule has 0 aliphatic heterocycles. The molecular formula is C15H25NO. The SMILES string of the molecule is COCC(N[C@H](C)c1ccc(C)cc1)C(C)C. The third kappa shape index (κ3) is 4.49. The largest absolute Gasteiger partial charge is 0.383 e. The van der Waals surface area contributed by atoms with E-state index in [2.05, 4.69) is 57.3 Å². The van der Waals surface area contributed by atoms with E-state index >= 15 is 0 Å². The highest BCUT2D eigenvalue weighted by Crippen LogP contribution is 2.15. The van der Waals surface area contributed by atoms with Gasteiger partial charge in [0.15, 0.2) is 0 Å². The molecule has 0 fully saturated rings. The molecule has 96 valence electrons. The third-order valence-corrected chi connectivity index (χ3v) is 3.19. The molecule has 0 spiro atoms. The summed E-state index contributed by atoms with van der Waals surface area (Å²) in [6, 6.07) is 9.46. The van der Waals surface area contributed by atoms with Crippen LogP contribution in [-0.2, 0) is 4.74 Å². The first-order valence-electron chi connectivity index (χ1n) is 6.36. The highest BCUT2D eigenvalue weighted by Gasteiger charge is 2.16. The fraction of sp³-hybridized carbons (Fsp3) is 0.600. The highest BCUT2D eigenvalue weighted by molar-refractivity contribution is 5.23. The molecule has 1 unspecified atom stereocenters. The van der Waals surface area contributed by atoms with Gasteiger partial charge in [-0.2, -0.15) is 0 Å². The van der Waals surface area contributed by atoms with Crippen LogP contribution in [0.5, 0.6) is 0 Å². The normalized spacial score (nSPS) is 14.9. The van der Waals surface area contributed by atoms with E-state index in [0.29, 0.717) is 18.0 Å². The number of benzene rings is 1. The molecule has 0 bridgehead atoms. The average Bonchev–Trinajstić information content (AvgIpc) is 2.29. The van der Waals surface area contributed by atoms with Crippen molar-refractivity contribution >= 4 is 0 Å². The first-order valence-corrected chi connectivity index (χ1v) is 6.36. The summed E-state index contributed by atoms with van der Waals surface area (Å²) in [5.74, 6) is 0.572. The Morgan fingerprint density at radius 2 is 1.71 bits per heavy atom. The molecule has 1 aromatic carbocycles. The summed E-state index contributed by atoms with van der Waals surface area (Å²) in [6.45, 7) is 9.52. The second-order valence-corrected chi connectivity index (χ2v) is 5.10. The van der Waals surface area contributed by atoms with E-state index in [1.165, 1.54) is 11.1 Å². The van der Waals surface area contributed by atoms with Crippen LogP contribution in [0.15, 0.2) is 24.3 Å². The highest BCUT2D eigenvalue weighted by atomic mass is 16.5. The van der Waals surface area contributed by atoms with Crippen LogP contribution in [0.25, 0.3) is 0 Å². The lowest BCUT2D eigenvalue weighted by molar-refractivity contribution is 0.141. The van der Waals surface area contributed by atoms with Crippen molar-refractivity contribution < 1.29 is 4.74 Å². The maximum atomic E-state index is 5.26. The van der Waals surface area contributed by atoms with Crippen LogP contribution in [0.2, 0.25) is 0 Å². The summed E-state index contributed by atoms with van der Waals surface area (Å²) < 4.78 is 5.26. The third-order valence-electron chi connectivity index (χ3n) is 3.19. The maximum Gasteiger partial charge on any atom is 0.0618 e. The molecule has 0 aliphatic rings. The van der Waals surface area contributed by atoms with E-state index in [1.807, 2.05) is 0 Å². The lowest BCUT2D eigenvalue weighted by atomic mass is 10.0. The van der Waals surface area contributed by atoms with Crippen molar-refractivity contribution in [3.63, 3.8) is 0 Å². The average molecular weight is 235 g/mol. The Kier molecular flexibility index (Phi) is 5.66. The number of aryl methyl sites for hydroxylation is 1. The van der Waals surface area contributed by atoms with Crippen LogP contribution in [0.4, 0.5) is 0 Å². The Morgan fingerprint density at radius 3 is 2.18 bits per heavy atom. The van der Waals surface area contributed by atoms with Crippen molar-refractivity contribution in [2.24, 2.45) is 5.92 Å². The van der Waals surface area contributed by atoms with Gasteiger partial charge in [-0.25, -0.2) is 0 Å². The second-order valence-electron chi connectivity index (χ2n) is 5.10. The summed E-state index contributed by atoms with van der Waals surface area (Å²) >= 11 is 0. The minimum absolute atomic E-state index is 0.359. The molecule has 0 heterocycles. The smallest absolute Gasteiger partial charge is 0.0618 e. The van der Waals surface area contributed by atoms with Gasteiger partial charge in [0.2, 0.25) is 0 Å². The number of nitrogens with one attached hydrogen (secondary N) is 1. The van der Waals surface area contributed by atoms with Crippen LogP contribution in [-0.4, -0.2) is 19.8 Å². The molecule has 1 aromatic rings. The molecule has 2 heteroatoms. The summed E-state index contributed by atoms with van der Waals surface area (Å²) in [4.78, 5) is 0. The van der Waals surface area contributed by atoms with Gasteiger partial charge in [-0.3, -0.25) is 0 Å². The van der Waals surface area contributed by atoms with E-state index < -0.39 is 0 Å². The number of ether oxygens (including phenoxy) is 1. The fourth-order valence-electron chi connectivity index (χ4n) is 1.89. The molecule has 2 atom stereocenters. The zero-order valence-corrected chi connectivity index (χ0v) is 11.7. The molecule has 0 amide bonds. The number of methoxy groups -OCH3 is 1. The molecule has 17 heavy (non-hydrogen) atoms. The van der Waals surface area contributed by atoms with Gasteiger partial charge in [0.1, 0.15) is 0 Å². The van der Waals surface area contributed by atoms with Gasteiger partial charge in [0.25, 0.3) is 0 Å². The van der Waals surface area contributed by atoms with Gasteiger partial charge in [0, 0.05) is 19.2 Å². The standard InChI is InChI=1S/C15H25NO/c1-11(2)15(10-17-5)16-13(4)14-8-6-12(3)7-9-14/h6-9,11,13,15-16H,10H2,1-5H3/t13-,15?/m1/s1. The monoisotopic (exact) mass is 235 g/mol. The van der Waals surface area contributed by atoms with Crippen molar-refractivity contribution in [3.8, 4) is 0 Å². The predicted molar refractivity (Wildman–Crippen MR) is 73.2 cm³/mol. The molecule has 0 aromatic heterocycles. The first-order chi connectivity index (χ1) is 8.04. The van der Waals surface area contributed by atoms with Crippen LogP contribution >= 0.6 is 0 Å². The molecule has 0 radical (unpaired) electrons. The number of hydrogen-bond acceptors (Lipinski definition) is 2. The maximum absolute atomic E-state index is 5.26. The predicted octanol–water partition coefficient (Wildman–Crippen LogP) is 3.32. The van der Waals surface area contributed by atoms with E-state index in [1.54, 1.807) is 7.11 Å². The molecule has 2 nitrogen and oxygen atoms in total. The minimum atomic E-state index is 0.359. The lowest BCUT2D eigenvalue weighted by Crippen LogP contribution is -2.39. The lowest BCUT2D eigenvalue weighted by Gasteiger charge is -2.26. The zero-order valence-electron chi connectivity index (χ0n) is 11.7. The quantitative estimate of drug-likeness (QED) is 0.816. The summed E-state index contributed by atoms with van der Waals surface area (Å²) in [7, 11) is 1.76. The molecule has 0 saturated heterocycles. The zero-order chi connectivity index (χ0) is 12.8. The van der Waals surface area contributed by atoms with Crippen molar-refractivity contribution in [2.45, 2.75) is 39.8 Å². The Balaban J connectivity index is 2.63. The van der Waals surface area contributed by atoms with E-state index in [-0.39, 0.29) is 0 Å². The van der Waals surface area contributed by atoms with Gasteiger partial charge >= 0.3 is 0 Å². The van der Waals surface area contributed by atoms with Crippen molar-refractivity contribution in [3.05, 3.63) is 35.4 Å². The van der Waals surface area contributed by atoms with E-state index in [0.717, 1.165) is 6.61 Å². The van der Waals surface area contributed by atoms with Crippen molar-refractivity contribution in [2.75, 3.05) is 13.7 Å². The second kappa shape index (κ2) is 6.77. The minimum Gasteiger partial charge on any atom is -0.383 e. The van der Waals surface area contributed by atoms with E-state index in [9.17, 15) is 0 Å². The first kappa shape index (κ1) is 14.2. The van der Waals surface area contributed by atoms with Crippen LogP contribution < -0.4 is 5.32 Å².